The van der Waals surface area contributed by atoms with Crippen molar-refractivity contribution in [3.05, 3.63) is 24.0 Å². The van der Waals surface area contributed by atoms with Crippen molar-refractivity contribution >= 4 is 15.5 Å². The molecule has 0 aliphatic carbocycles. The highest BCUT2D eigenvalue weighted by Gasteiger charge is 2.21. The van der Waals surface area contributed by atoms with Crippen LogP contribution in [0.2, 0.25) is 0 Å². The van der Waals surface area contributed by atoms with Gasteiger partial charge in [0.1, 0.15) is 0 Å². The van der Waals surface area contributed by atoms with Crippen LogP contribution in [0.3, 0.4) is 0 Å². The van der Waals surface area contributed by atoms with Gasteiger partial charge in [0.2, 0.25) is 0 Å². The third-order valence-corrected chi connectivity index (χ3v) is 4.81. The van der Waals surface area contributed by atoms with E-state index in [0.717, 1.165) is 17.9 Å². The zero-order chi connectivity index (χ0) is 13.9. The van der Waals surface area contributed by atoms with E-state index in [0.29, 0.717) is 19.1 Å². The van der Waals surface area contributed by atoms with E-state index in [1.807, 2.05) is 12.1 Å². The average Bonchev–Trinajstić information content (AvgIpc) is 2.37. The van der Waals surface area contributed by atoms with Crippen LogP contribution in [0.5, 0.6) is 0 Å². The zero-order valence-electron chi connectivity index (χ0n) is 11.5. The second-order valence-corrected chi connectivity index (χ2v) is 7.48. The molecule has 1 N–H and O–H groups in total. The van der Waals surface area contributed by atoms with Crippen molar-refractivity contribution in [1.82, 2.24) is 10.3 Å². The molecule has 5 nitrogen and oxygen atoms in total. The number of hydrogen-bond donors (Lipinski definition) is 1. The normalized spacial score (nSPS) is 18.8. The second-order valence-electron chi connectivity index (χ2n) is 5.18. The maximum atomic E-state index is 11.4. The number of aromatic nitrogens is 1. The molecule has 106 valence electrons. The van der Waals surface area contributed by atoms with Crippen LogP contribution in [0.4, 0.5) is 5.69 Å². The molecule has 1 aliphatic heterocycles. The number of nitrogens with zero attached hydrogens (tertiary/aromatic N) is 2. The number of pyridine rings is 1. The van der Waals surface area contributed by atoms with Crippen LogP contribution >= 0.6 is 0 Å². The average molecular weight is 283 g/mol. The van der Waals surface area contributed by atoms with Crippen LogP contribution in [0.1, 0.15) is 19.5 Å². The zero-order valence-corrected chi connectivity index (χ0v) is 12.3. The molecular formula is C13H21N3O2S. The summed E-state index contributed by atoms with van der Waals surface area (Å²) in [6, 6.07) is 4.40. The van der Waals surface area contributed by atoms with E-state index in [1.54, 1.807) is 6.20 Å². The summed E-state index contributed by atoms with van der Waals surface area (Å²) in [4.78, 5) is 6.44. The van der Waals surface area contributed by atoms with E-state index < -0.39 is 9.84 Å². The minimum Gasteiger partial charge on any atom is -0.369 e. The fraction of sp³-hybridized carbons (Fsp3) is 0.615. The van der Waals surface area contributed by atoms with Crippen molar-refractivity contribution in [1.29, 1.82) is 0 Å². The summed E-state index contributed by atoms with van der Waals surface area (Å²) in [6.45, 7) is 6.07. The molecule has 0 aromatic carbocycles. The van der Waals surface area contributed by atoms with Gasteiger partial charge in [-0.3, -0.25) is 4.98 Å². The highest BCUT2D eigenvalue weighted by molar-refractivity contribution is 7.91. The van der Waals surface area contributed by atoms with Gasteiger partial charge in [0, 0.05) is 37.6 Å². The fourth-order valence-corrected chi connectivity index (χ4v) is 3.24. The largest absolute Gasteiger partial charge is 0.369 e. The Morgan fingerprint density at radius 2 is 2.05 bits per heavy atom. The lowest BCUT2D eigenvalue weighted by molar-refractivity contribution is 0.580. The predicted molar refractivity (Wildman–Crippen MR) is 77.1 cm³/mol. The van der Waals surface area contributed by atoms with Gasteiger partial charge in [-0.15, -0.1) is 0 Å². The van der Waals surface area contributed by atoms with Crippen molar-refractivity contribution in [3.8, 4) is 0 Å². The summed E-state index contributed by atoms with van der Waals surface area (Å²) < 4.78 is 22.8. The van der Waals surface area contributed by atoms with Gasteiger partial charge < -0.3 is 10.2 Å². The van der Waals surface area contributed by atoms with Crippen molar-refractivity contribution in [2.75, 3.05) is 29.5 Å². The number of anilines is 1. The molecule has 1 aromatic heterocycles. The minimum absolute atomic E-state index is 0.245. The molecule has 1 aliphatic rings. The highest BCUT2D eigenvalue weighted by atomic mass is 32.2. The van der Waals surface area contributed by atoms with Gasteiger partial charge in [0.25, 0.3) is 0 Å². The first-order valence-electron chi connectivity index (χ1n) is 6.60. The fourth-order valence-electron chi connectivity index (χ4n) is 2.04. The summed E-state index contributed by atoms with van der Waals surface area (Å²) in [5.41, 5.74) is 2.05. The molecular weight excluding hydrogens is 262 g/mol. The summed E-state index contributed by atoms with van der Waals surface area (Å²) in [5.74, 6) is 0.490. The first kappa shape index (κ1) is 14.3. The van der Waals surface area contributed by atoms with E-state index >= 15 is 0 Å². The van der Waals surface area contributed by atoms with Crippen LogP contribution in [0, 0.1) is 0 Å². The SMILES string of the molecule is CC(C)NCc1cc(N2CCS(=O)(=O)CC2)ccn1. The van der Waals surface area contributed by atoms with Crippen LogP contribution in [-0.4, -0.2) is 44.0 Å². The molecule has 1 fully saturated rings. The topological polar surface area (TPSA) is 62.3 Å². The Kier molecular flexibility index (Phi) is 4.42. The monoisotopic (exact) mass is 283 g/mol. The number of rotatable bonds is 4. The quantitative estimate of drug-likeness (QED) is 0.886. The lowest BCUT2D eigenvalue weighted by Crippen LogP contribution is -2.40. The molecule has 0 atom stereocenters. The molecule has 1 saturated heterocycles. The number of sulfone groups is 1. The second kappa shape index (κ2) is 5.88. The van der Waals surface area contributed by atoms with E-state index in [9.17, 15) is 8.42 Å². The number of hydrogen-bond acceptors (Lipinski definition) is 5. The third kappa shape index (κ3) is 4.18. The van der Waals surface area contributed by atoms with E-state index in [2.05, 4.69) is 29.0 Å². The van der Waals surface area contributed by atoms with Crippen LogP contribution in [0.15, 0.2) is 18.3 Å². The highest BCUT2D eigenvalue weighted by Crippen LogP contribution is 2.17. The van der Waals surface area contributed by atoms with E-state index in [-0.39, 0.29) is 11.5 Å². The third-order valence-electron chi connectivity index (χ3n) is 3.20. The molecule has 0 amide bonds. The molecule has 0 radical (unpaired) electrons. The maximum absolute atomic E-state index is 11.4. The van der Waals surface area contributed by atoms with Gasteiger partial charge in [0.05, 0.1) is 17.2 Å². The summed E-state index contributed by atoms with van der Waals surface area (Å²) in [5, 5.41) is 3.33. The van der Waals surface area contributed by atoms with Gasteiger partial charge >= 0.3 is 0 Å². The first-order chi connectivity index (χ1) is 8.96. The lowest BCUT2D eigenvalue weighted by atomic mass is 10.2. The molecule has 2 heterocycles. The van der Waals surface area contributed by atoms with E-state index in [1.165, 1.54) is 0 Å². The Morgan fingerprint density at radius 1 is 1.37 bits per heavy atom. The van der Waals surface area contributed by atoms with Gasteiger partial charge in [0.15, 0.2) is 9.84 Å². The van der Waals surface area contributed by atoms with Gasteiger partial charge in [-0.1, -0.05) is 13.8 Å². The minimum atomic E-state index is -2.82. The van der Waals surface area contributed by atoms with E-state index in [4.69, 9.17) is 0 Å². The smallest absolute Gasteiger partial charge is 0.153 e. The predicted octanol–water partition coefficient (Wildman–Crippen LogP) is 0.814. The van der Waals surface area contributed by atoms with Crippen LogP contribution in [0.25, 0.3) is 0 Å². The van der Waals surface area contributed by atoms with Crippen molar-refractivity contribution in [2.45, 2.75) is 26.4 Å². The molecule has 0 unspecified atom stereocenters. The summed E-state index contributed by atoms with van der Waals surface area (Å²) in [6.07, 6.45) is 1.79. The summed E-state index contributed by atoms with van der Waals surface area (Å²) in [7, 11) is -2.82. The Labute approximate surface area is 114 Å². The molecule has 0 saturated carbocycles. The van der Waals surface area contributed by atoms with Gasteiger partial charge in [-0.2, -0.15) is 0 Å². The molecule has 1 aromatic rings. The molecule has 19 heavy (non-hydrogen) atoms. The molecule has 2 rings (SSSR count). The Morgan fingerprint density at radius 3 is 2.68 bits per heavy atom. The van der Waals surface area contributed by atoms with Crippen molar-refractivity contribution in [2.24, 2.45) is 0 Å². The van der Waals surface area contributed by atoms with Crippen LogP contribution in [-0.2, 0) is 16.4 Å². The molecule has 0 spiro atoms. The Balaban J connectivity index is 2.03. The maximum Gasteiger partial charge on any atom is 0.153 e. The van der Waals surface area contributed by atoms with Crippen LogP contribution < -0.4 is 10.2 Å². The van der Waals surface area contributed by atoms with Gasteiger partial charge in [-0.05, 0) is 12.1 Å². The Bertz CT molecular complexity index is 514. The summed E-state index contributed by atoms with van der Waals surface area (Å²) >= 11 is 0. The first-order valence-corrected chi connectivity index (χ1v) is 8.42. The number of nitrogens with one attached hydrogen (secondary N) is 1. The molecule has 0 bridgehead atoms. The molecule has 6 heteroatoms. The van der Waals surface area contributed by atoms with Crippen molar-refractivity contribution < 1.29 is 8.42 Å². The van der Waals surface area contributed by atoms with Crippen molar-refractivity contribution in [3.63, 3.8) is 0 Å². The van der Waals surface area contributed by atoms with Gasteiger partial charge in [-0.25, -0.2) is 8.42 Å². The lowest BCUT2D eigenvalue weighted by Gasteiger charge is -2.28. The Hall–Kier alpha value is -1.14. The standard InChI is InChI=1S/C13H21N3O2S/c1-11(2)15-10-12-9-13(3-4-14-12)16-5-7-19(17,18)8-6-16/h3-4,9,11,15H,5-8,10H2,1-2H3.